The number of aromatic nitrogens is 2. The number of H-pyrrole nitrogens is 1. The number of halogens is 1. The van der Waals surface area contributed by atoms with Crippen LogP contribution in [0.5, 0.6) is 0 Å². The SMILES string of the molecule is O=C(NCC1CCCC1)N[C@@H]1CCN(c2cn[nH]c(=O)c2Cl)C1. The van der Waals surface area contributed by atoms with Crippen LogP contribution in [-0.2, 0) is 0 Å². The lowest BCUT2D eigenvalue weighted by molar-refractivity contribution is 0.236. The van der Waals surface area contributed by atoms with E-state index in [0.717, 1.165) is 19.5 Å². The molecule has 1 aromatic heterocycles. The van der Waals surface area contributed by atoms with Gasteiger partial charge in [0.1, 0.15) is 5.02 Å². The van der Waals surface area contributed by atoms with E-state index in [1.807, 2.05) is 4.90 Å². The lowest BCUT2D eigenvalue weighted by atomic mass is 10.1. The number of urea groups is 1. The molecule has 3 N–H and O–H groups in total. The van der Waals surface area contributed by atoms with Crippen LogP contribution in [0.4, 0.5) is 10.5 Å². The standard InChI is InChI=1S/C15H22ClN5O2/c16-13-12(8-18-20-14(13)22)21-6-5-11(9-21)19-15(23)17-7-10-3-1-2-4-10/h8,10-11H,1-7,9H2,(H,20,22)(H2,17,19,23)/t11-/m1/s1. The number of rotatable bonds is 4. The quantitative estimate of drug-likeness (QED) is 0.775. The Balaban J connectivity index is 1.48. The first-order chi connectivity index (χ1) is 11.1. The van der Waals surface area contributed by atoms with Gasteiger partial charge in [0.05, 0.1) is 11.9 Å². The molecule has 0 bridgehead atoms. The number of nitrogens with one attached hydrogen (secondary N) is 3. The summed E-state index contributed by atoms with van der Waals surface area (Å²) in [4.78, 5) is 25.5. The van der Waals surface area contributed by atoms with Gasteiger partial charge >= 0.3 is 6.03 Å². The van der Waals surface area contributed by atoms with Gasteiger partial charge in [-0.2, -0.15) is 5.10 Å². The summed E-state index contributed by atoms with van der Waals surface area (Å²) in [7, 11) is 0. The monoisotopic (exact) mass is 339 g/mol. The molecule has 0 spiro atoms. The zero-order valence-corrected chi connectivity index (χ0v) is 13.7. The summed E-state index contributed by atoms with van der Waals surface area (Å²) < 4.78 is 0. The maximum absolute atomic E-state index is 12.0. The van der Waals surface area contributed by atoms with Gasteiger partial charge < -0.3 is 15.5 Å². The first kappa shape index (κ1) is 16.1. The van der Waals surface area contributed by atoms with Gasteiger partial charge in [0, 0.05) is 25.7 Å². The van der Waals surface area contributed by atoms with Gasteiger partial charge in [-0.3, -0.25) is 4.79 Å². The molecular formula is C15H22ClN5O2. The van der Waals surface area contributed by atoms with E-state index in [4.69, 9.17) is 11.6 Å². The predicted octanol–water partition coefficient (Wildman–Crippen LogP) is 1.49. The van der Waals surface area contributed by atoms with E-state index >= 15 is 0 Å². The molecule has 2 fully saturated rings. The van der Waals surface area contributed by atoms with Gasteiger partial charge in [-0.15, -0.1) is 0 Å². The summed E-state index contributed by atoms with van der Waals surface area (Å²) in [6.45, 7) is 2.12. The third kappa shape index (κ3) is 3.96. The van der Waals surface area contributed by atoms with Crippen LogP contribution >= 0.6 is 11.6 Å². The third-order valence-electron chi connectivity index (χ3n) is 4.67. The summed E-state index contributed by atoms with van der Waals surface area (Å²) in [5, 5.41) is 12.2. The maximum atomic E-state index is 12.0. The lowest BCUT2D eigenvalue weighted by Gasteiger charge is -2.19. The van der Waals surface area contributed by atoms with Crippen molar-refractivity contribution < 1.29 is 4.79 Å². The van der Waals surface area contributed by atoms with Gasteiger partial charge in [-0.1, -0.05) is 24.4 Å². The summed E-state index contributed by atoms with van der Waals surface area (Å²) in [5.74, 6) is 0.627. The molecule has 0 aromatic carbocycles. The second kappa shape index (κ2) is 7.21. The van der Waals surface area contributed by atoms with E-state index in [1.165, 1.54) is 25.7 Å². The van der Waals surface area contributed by atoms with Crippen molar-refractivity contribution in [1.29, 1.82) is 0 Å². The topological polar surface area (TPSA) is 90.1 Å². The maximum Gasteiger partial charge on any atom is 0.315 e. The lowest BCUT2D eigenvalue weighted by Crippen LogP contribution is -2.44. The van der Waals surface area contributed by atoms with Crippen molar-refractivity contribution in [2.24, 2.45) is 5.92 Å². The van der Waals surface area contributed by atoms with Crippen molar-refractivity contribution in [1.82, 2.24) is 20.8 Å². The van der Waals surface area contributed by atoms with Crippen LogP contribution in [-0.4, -0.2) is 41.9 Å². The second-order valence-corrected chi connectivity index (χ2v) is 6.71. The normalized spacial score (nSPS) is 21.6. The average molecular weight is 340 g/mol. The van der Waals surface area contributed by atoms with Crippen LogP contribution in [0.1, 0.15) is 32.1 Å². The Labute approximate surface area is 139 Å². The van der Waals surface area contributed by atoms with Crippen LogP contribution in [0.3, 0.4) is 0 Å². The number of carbonyl (C=O) groups is 1. The molecule has 23 heavy (non-hydrogen) atoms. The van der Waals surface area contributed by atoms with Crippen molar-refractivity contribution in [3.05, 3.63) is 21.6 Å². The zero-order valence-electron chi connectivity index (χ0n) is 13.0. The first-order valence-corrected chi connectivity index (χ1v) is 8.54. The first-order valence-electron chi connectivity index (χ1n) is 8.16. The van der Waals surface area contributed by atoms with Crippen molar-refractivity contribution in [2.45, 2.75) is 38.1 Å². The molecule has 8 heteroatoms. The molecule has 3 rings (SSSR count). The molecule has 1 atom stereocenters. The molecule has 2 heterocycles. The molecule has 1 aromatic rings. The van der Waals surface area contributed by atoms with Crippen LogP contribution in [0, 0.1) is 5.92 Å². The Morgan fingerprint density at radius 3 is 2.96 bits per heavy atom. The van der Waals surface area contributed by atoms with E-state index in [0.29, 0.717) is 18.2 Å². The molecule has 2 amide bonds. The number of aromatic amines is 1. The summed E-state index contributed by atoms with van der Waals surface area (Å²) in [6.07, 6.45) is 7.34. The summed E-state index contributed by atoms with van der Waals surface area (Å²) >= 11 is 6.02. The van der Waals surface area contributed by atoms with Crippen LogP contribution < -0.4 is 21.1 Å². The zero-order chi connectivity index (χ0) is 16.2. The smallest absolute Gasteiger partial charge is 0.315 e. The molecule has 1 aliphatic carbocycles. The highest BCUT2D eigenvalue weighted by atomic mass is 35.5. The van der Waals surface area contributed by atoms with Crippen LogP contribution in [0.15, 0.2) is 11.0 Å². The second-order valence-electron chi connectivity index (χ2n) is 6.33. The van der Waals surface area contributed by atoms with Crippen molar-refractivity contribution in [3.63, 3.8) is 0 Å². The fourth-order valence-corrected chi connectivity index (χ4v) is 3.59. The number of nitrogens with zero attached hydrogens (tertiary/aromatic N) is 2. The summed E-state index contributed by atoms with van der Waals surface area (Å²) in [6, 6.07) is -0.0622. The average Bonchev–Trinajstić information content (AvgIpc) is 3.19. The van der Waals surface area contributed by atoms with Gasteiger partial charge in [0.15, 0.2) is 0 Å². The minimum absolute atomic E-state index is 0.0499. The molecule has 2 aliphatic rings. The number of hydrogen-bond donors (Lipinski definition) is 3. The fourth-order valence-electron chi connectivity index (χ4n) is 3.38. The Bertz CT molecular complexity index is 614. The molecule has 1 aliphatic heterocycles. The Hall–Kier alpha value is -1.76. The number of hydrogen-bond acceptors (Lipinski definition) is 4. The Morgan fingerprint density at radius 1 is 1.39 bits per heavy atom. The highest BCUT2D eigenvalue weighted by Gasteiger charge is 2.26. The van der Waals surface area contributed by atoms with Gasteiger partial charge in [-0.25, -0.2) is 9.89 Å². The largest absolute Gasteiger partial charge is 0.367 e. The number of anilines is 1. The highest BCUT2D eigenvalue weighted by molar-refractivity contribution is 6.33. The van der Waals surface area contributed by atoms with E-state index in [2.05, 4.69) is 20.8 Å². The molecule has 1 saturated carbocycles. The summed E-state index contributed by atoms with van der Waals surface area (Å²) in [5.41, 5.74) is 0.223. The molecule has 1 saturated heterocycles. The number of carbonyl (C=O) groups excluding carboxylic acids is 1. The van der Waals surface area contributed by atoms with Crippen LogP contribution in [0.25, 0.3) is 0 Å². The molecule has 126 valence electrons. The molecule has 0 unspecified atom stereocenters. The van der Waals surface area contributed by atoms with E-state index in [1.54, 1.807) is 6.20 Å². The van der Waals surface area contributed by atoms with Gasteiger partial charge in [-0.05, 0) is 25.2 Å². The third-order valence-corrected chi connectivity index (χ3v) is 5.03. The van der Waals surface area contributed by atoms with Gasteiger partial charge in [0.2, 0.25) is 0 Å². The van der Waals surface area contributed by atoms with Crippen molar-refractivity contribution in [3.8, 4) is 0 Å². The van der Waals surface area contributed by atoms with Crippen molar-refractivity contribution in [2.75, 3.05) is 24.5 Å². The van der Waals surface area contributed by atoms with Crippen LogP contribution in [0.2, 0.25) is 5.02 Å². The van der Waals surface area contributed by atoms with E-state index in [9.17, 15) is 9.59 Å². The minimum atomic E-state index is -0.394. The molecule has 7 nitrogen and oxygen atoms in total. The van der Waals surface area contributed by atoms with E-state index in [-0.39, 0.29) is 17.1 Å². The molecule has 0 radical (unpaired) electrons. The highest BCUT2D eigenvalue weighted by Crippen LogP contribution is 2.25. The van der Waals surface area contributed by atoms with Gasteiger partial charge in [0.25, 0.3) is 5.56 Å². The fraction of sp³-hybridized carbons (Fsp3) is 0.667. The number of amides is 2. The molecular weight excluding hydrogens is 318 g/mol. The van der Waals surface area contributed by atoms with Crippen molar-refractivity contribution >= 4 is 23.3 Å². The predicted molar refractivity (Wildman–Crippen MR) is 89.0 cm³/mol. The Morgan fingerprint density at radius 2 is 2.17 bits per heavy atom. The van der Waals surface area contributed by atoms with E-state index < -0.39 is 5.56 Å². The minimum Gasteiger partial charge on any atom is -0.367 e. The Kier molecular flexibility index (Phi) is 5.05.